The summed E-state index contributed by atoms with van der Waals surface area (Å²) in [6, 6.07) is 2.69. The maximum atomic E-state index is 12.7. The second kappa shape index (κ2) is 4.41. The molecule has 1 fully saturated rings. The average molecular weight is 237 g/mol. The normalized spacial score (nSPS) is 19.1. The van der Waals surface area contributed by atoms with Crippen molar-refractivity contribution in [3.05, 3.63) is 29.8 Å². The van der Waals surface area contributed by atoms with Crippen molar-refractivity contribution in [2.75, 3.05) is 19.6 Å². The zero-order chi connectivity index (χ0) is 12.5. The van der Waals surface area contributed by atoms with Crippen LogP contribution in [0.1, 0.15) is 24.3 Å². The molecule has 92 valence electrons. The Morgan fingerprint density at radius 2 is 2.29 bits per heavy atom. The largest absolute Gasteiger partial charge is 0.330 e. The molecule has 5 heteroatoms. The molecule has 1 aliphatic rings. The van der Waals surface area contributed by atoms with E-state index in [0.717, 1.165) is 19.3 Å². The molecule has 1 amide bonds. The van der Waals surface area contributed by atoms with Crippen molar-refractivity contribution in [3.63, 3.8) is 0 Å². The lowest BCUT2D eigenvalue weighted by Crippen LogP contribution is -2.59. The topological polar surface area (TPSA) is 45.2 Å². The third-order valence-corrected chi connectivity index (χ3v) is 2.99. The highest BCUT2D eigenvalue weighted by molar-refractivity contribution is 5.92. The van der Waals surface area contributed by atoms with Crippen molar-refractivity contribution in [2.45, 2.75) is 19.4 Å². The van der Waals surface area contributed by atoms with Crippen molar-refractivity contribution in [1.82, 2.24) is 15.2 Å². The van der Waals surface area contributed by atoms with Crippen LogP contribution in [0.25, 0.3) is 0 Å². The molecule has 0 radical (unpaired) electrons. The van der Waals surface area contributed by atoms with Crippen LogP contribution in [0.15, 0.2) is 18.3 Å². The first kappa shape index (κ1) is 12.0. The molecule has 1 aromatic heterocycles. The molecule has 1 N–H and O–H groups in total. The summed E-state index contributed by atoms with van der Waals surface area (Å²) in [7, 11) is 0. The number of rotatable bonds is 1. The van der Waals surface area contributed by atoms with Crippen molar-refractivity contribution in [1.29, 1.82) is 0 Å². The van der Waals surface area contributed by atoms with E-state index >= 15 is 0 Å². The Hall–Kier alpha value is -1.49. The van der Waals surface area contributed by atoms with Gasteiger partial charge in [-0.2, -0.15) is 0 Å². The van der Waals surface area contributed by atoms with Gasteiger partial charge in [0.1, 0.15) is 11.5 Å². The highest BCUT2D eigenvalue weighted by atomic mass is 19.1. The van der Waals surface area contributed by atoms with Gasteiger partial charge in [-0.15, -0.1) is 0 Å². The number of aromatic nitrogens is 1. The van der Waals surface area contributed by atoms with Crippen LogP contribution in [0.4, 0.5) is 4.39 Å². The summed E-state index contributed by atoms with van der Waals surface area (Å²) in [5, 5.41) is 3.25. The van der Waals surface area contributed by atoms with Crippen LogP contribution in [0.3, 0.4) is 0 Å². The SMILES string of the molecule is CC1(C)CNCCN1C(=O)c1ccc(F)cn1. The van der Waals surface area contributed by atoms with Crippen LogP contribution >= 0.6 is 0 Å². The fourth-order valence-electron chi connectivity index (χ4n) is 2.00. The molecule has 2 rings (SSSR count). The second-order valence-corrected chi connectivity index (χ2v) is 4.81. The number of carbonyl (C=O) groups is 1. The summed E-state index contributed by atoms with van der Waals surface area (Å²) in [4.78, 5) is 17.9. The van der Waals surface area contributed by atoms with E-state index in [9.17, 15) is 9.18 Å². The van der Waals surface area contributed by atoms with E-state index in [-0.39, 0.29) is 11.4 Å². The molecule has 0 unspecified atom stereocenters. The number of nitrogens with one attached hydrogen (secondary N) is 1. The van der Waals surface area contributed by atoms with Gasteiger partial charge in [-0.05, 0) is 26.0 Å². The molecular weight excluding hydrogens is 221 g/mol. The summed E-state index contributed by atoms with van der Waals surface area (Å²) in [5.41, 5.74) is 0.0483. The van der Waals surface area contributed by atoms with Crippen LogP contribution in [-0.2, 0) is 0 Å². The minimum Gasteiger partial charge on any atom is -0.330 e. The molecule has 1 aromatic rings. The van der Waals surface area contributed by atoms with Crippen LogP contribution in [-0.4, -0.2) is 41.0 Å². The first-order valence-corrected chi connectivity index (χ1v) is 5.65. The van der Waals surface area contributed by atoms with E-state index in [1.165, 1.54) is 12.1 Å². The molecule has 0 aromatic carbocycles. The lowest BCUT2D eigenvalue weighted by molar-refractivity contribution is 0.0471. The van der Waals surface area contributed by atoms with Gasteiger partial charge < -0.3 is 10.2 Å². The maximum Gasteiger partial charge on any atom is 0.272 e. The maximum absolute atomic E-state index is 12.7. The smallest absolute Gasteiger partial charge is 0.272 e. The number of halogens is 1. The Kier molecular flexibility index (Phi) is 3.11. The molecule has 1 saturated heterocycles. The standard InChI is InChI=1S/C12H16FN3O/c1-12(2)8-14-5-6-16(12)11(17)10-4-3-9(13)7-15-10/h3-4,7,14H,5-6,8H2,1-2H3. The number of hydrogen-bond donors (Lipinski definition) is 1. The molecule has 0 spiro atoms. The number of hydrogen-bond acceptors (Lipinski definition) is 3. The van der Waals surface area contributed by atoms with Gasteiger partial charge in [0, 0.05) is 19.6 Å². The van der Waals surface area contributed by atoms with Crippen molar-refractivity contribution < 1.29 is 9.18 Å². The molecule has 17 heavy (non-hydrogen) atoms. The van der Waals surface area contributed by atoms with Crippen LogP contribution in [0.5, 0.6) is 0 Å². The third-order valence-electron chi connectivity index (χ3n) is 2.99. The highest BCUT2D eigenvalue weighted by Crippen LogP contribution is 2.18. The summed E-state index contributed by atoms with van der Waals surface area (Å²) in [6.45, 7) is 6.17. The summed E-state index contributed by atoms with van der Waals surface area (Å²) >= 11 is 0. The predicted molar refractivity (Wildman–Crippen MR) is 62.2 cm³/mol. The van der Waals surface area contributed by atoms with Crippen molar-refractivity contribution in [3.8, 4) is 0 Å². The van der Waals surface area contributed by atoms with Crippen LogP contribution in [0, 0.1) is 5.82 Å². The first-order valence-electron chi connectivity index (χ1n) is 5.65. The van der Waals surface area contributed by atoms with E-state index in [1.807, 2.05) is 13.8 Å². The van der Waals surface area contributed by atoms with Gasteiger partial charge in [-0.3, -0.25) is 4.79 Å². The fourth-order valence-corrected chi connectivity index (χ4v) is 2.00. The predicted octanol–water partition coefficient (Wildman–Crippen LogP) is 1.04. The zero-order valence-corrected chi connectivity index (χ0v) is 10.0. The lowest BCUT2D eigenvalue weighted by Gasteiger charge is -2.42. The first-order chi connectivity index (χ1) is 8.00. The Morgan fingerprint density at radius 1 is 1.53 bits per heavy atom. The number of piperazine rings is 1. The molecule has 0 atom stereocenters. The Balaban J connectivity index is 2.21. The highest BCUT2D eigenvalue weighted by Gasteiger charge is 2.34. The summed E-state index contributed by atoms with van der Waals surface area (Å²) < 4.78 is 12.7. The van der Waals surface area contributed by atoms with Gasteiger partial charge in [-0.1, -0.05) is 0 Å². The van der Waals surface area contributed by atoms with E-state index in [4.69, 9.17) is 0 Å². The lowest BCUT2D eigenvalue weighted by atomic mass is 9.99. The van der Waals surface area contributed by atoms with Gasteiger partial charge in [0.05, 0.1) is 11.7 Å². The molecule has 0 saturated carbocycles. The number of nitrogens with zero attached hydrogens (tertiary/aromatic N) is 2. The molecular formula is C12H16FN3O. The van der Waals surface area contributed by atoms with E-state index in [2.05, 4.69) is 10.3 Å². The Bertz CT molecular complexity index is 416. The molecule has 0 bridgehead atoms. The zero-order valence-electron chi connectivity index (χ0n) is 10.0. The van der Waals surface area contributed by atoms with E-state index in [1.54, 1.807) is 4.90 Å². The van der Waals surface area contributed by atoms with Gasteiger partial charge >= 0.3 is 0 Å². The molecule has 0 aliphatic carbocycles. The minimum atomic E-state index is -0.430. The van der Waals surface area contributed by atoms with Gasteiger partial charge in [-0.25, -0.2) is 9.37 Å². The van der Waals surface area contributed by atoms with Gasteiger partial charge in [0.15, 0.2) is 0 Å². The quantitative estimate of drug-likeness (QED) is 0.794. The van der Waals surface area contributed by atoms with Crippen molar-refractivity contribution >= 4 is 5.91 Å². The third kappa shape index (κ3) is 2.44. The number of carbonyl (C=O) groups excluding carboxylic acids is 1. The molecule has 2 heterocycles. The molecule has 4 nitrogen and oxygen atoms in total. The summed E-state index contributed by atoms with van der Waals surface area (Å²) in [6.07, 6.45) is 1.07. The minimum absolute atomic E-state index is 0.142. The average Bonchev–Trinajstić information content (AvgIpc) is 2.28. The Morgan fingerprint density at radius 3 is 2.88 bits per heavy atom. The fraction of sp³-hybridized carbons (Fsp3) is 0.500. The Labute approximate surface area is 99.8 Å². The van der Waals surface area contributed by atoms with E-state index in [0.29, 0.717) is 12.2 Å². The number of amides is 1. The van der Waals surface area contributed by atoms with E-state index < -0.39 is 5.82 Å². The van der Waals surface area contributed by atoms with Crippen LogP contribution < -0.4 is 5.32 Å². The molecule has 1 aliphatic heterocycles. The van der Waals surface area contributed by atoms with Gasteiger partial charge in [0.2, 0.25) is 0 Å². The van der Waals surface area contributed by atoms with Gasteiger partial charge in [0.25, 0.3) is 5.91 Å². The van der Waals surface area contributed by atoms with Crippen molar-refractivity contribution in [2.24, 2.45) is 0 Å². The second-order valence-electron chi connectivity index (χ2n) is 4.81. The number of pyridine rings is 1. The van der Waals surface area contributed by atoms with Crippen LogP contribution in [0.2, 0.25) is 0 Å². The monoisotopic (exact) mass is 237 g/mol. The summed E-state index contributed by atoms with van der Waals surface area (Å²) in [5.74, 6) is -0.572.